The Hall–Kier alpha value is -0.730. The number of carbonyl (C=O) groups excluding carboxylic acids is 1. The summed E-state index contributed by atoms with van der Waals surface area (Å²) in [5.74, 6) is 0.683. The van der Waals surface area contributed by atoms with Crippen LogP contribution in [0.25, 0.3) is 0 Å². The van der Waals surface area contributed by atoms with Gasteiger partial charge in [-0.25, -0.2) is 4.79 Å². The third kappa shape index (κ3) is 2.86. The molecule has 2 amide bonds. The molecule has 1 heterocycles. The predicted molar refractivity (Wildman–Crippen MR) is 60.8 cm³/mol. The summed E-state index contributed by atoms with van der Waals surface area (Å²) in [5, 5.41) is 3.17. The van der Waals surface area contributed by atoms with Crippen molar-refractivity contribution in [1.82, 2.24) is 10.2 Å². The van der Waals surface area contributed by atoms with E-state index < -0.39 is 0 Å². The molecule has 2 fully saturated rings. The van der Waals surface area contributed by atoms with E-state index in [1.165, 1.54) is 32.1 Å². The summed E-state index contributed by atoms with van der Waals surface area (Å²) in [4.78, 5) is 13.8. The Morgan fingerprint density at radius 2 is 1.93 bits per heavy atom. The number of nitrogens with one attached hydrogen (secondary N) is 1. The molecular formula is C12H22N2O. The van der Waals surface area contributed by atoms with Crippen LogP contribution in [0.15, 0.2) is 0 Å². The molecule has 0 radical (unpaired) electrons. The molecule has 2 rings (SSSR count). The number of hydrogen-bond acceptors (Lipinski definition) is 1. The lowest BCUT2D eigenvalue weighted by molar-refractivity contribution is 0.199. The highest BCUT2D eigenvalue weighted by atomic mass is 16.2. The highest BCUT2D eigenvalue weighted by Gasteiger charge is 2.25. The Labute approximate surface area is 92.2 Å². The van der Waals surface area contributed by atoms with E-state index in [-0.39, 0.29) is 6.03 Å². The number of hydrogen-bond donors (Lipinski definition) is 1. The van der Waals surface area contributed by atoms with Gasteiger partial charge in [0.1, 0.15) is 0 Å². The monoisotopic (exact) mass is 210 g/mol. The van der Waals surface area contributed by atoms with Gasteiger partial charge in [0, 0.05) is 19.1 Å². The van der Waals surface area contributed by atoms with Gasteiger partial charge >= 0.3 is 6.03 Å². The topological polar surface area (TPSA) is 32.3 Å². The molecule has 0 aromatic rings. The van der Waals surface area contributed by atoms with Gasteiger partial charge in [-0.3, -0.25) is 0 Å². The van der Waals surface area contributed by atoms with Gasteiger partial charge in [-0.15, -0.1) is 0 Å². The molecule has 1 aliphatic carbocycles. The van der Waals surface area contributed by atoms with E-state index in [1.807, 2.05) is 4.90 Å². The van der Waals surface area contributed by atoms with Crippen molar-refractivity contribution in [3.63, 3.8) is 0 Å². The minimum absolute atomic E-state index is 0.172. The lowest BCUT2D eigenvalue weighted by Gasteiger charge is -2.26. The molecule has 3 heteroatoms. The summed E-state index contributed by atoms with van der Waals surface area (Å²) in [7, 11) is 0. The molecule has 2 aliphatic rings. The summed E-state index contributed by atoms with van der Waals surface area (Å²) in [6.07, 6.45) is 7.41. The summed E-state index contributed by atoms with van der Waals surface area (Å²) in [5.41, 5.74) is 0. The van der Waals surface area contributed by atoms with Crippen LogP contribution >= 0.6 is 0 Å². The van der Waals surface area contributed by atoms with Gasteiger partial charge in [0.25, 0.3) is 0 Å². The molecule has 0 aromatic carbocycles. The van der Waals surface area contributed by atoms with Crippen LogP contribution in [0.1, 0.15) is 45.4 Å². The van der Waals surface area contributed by atoms with Crippen molar-refractivity contribution in [1.29, 1.82) is 0 Å². The smallest absolute Gasteiger partial charge is 0.317 e. The maximum Gasteiger partial charge on any atom is 0.317 e. The van der Waals surface area contributed by atoms with Crippen LogP contribution in [0, 0.1) is 5.92 Å². The molecule has 1 N–H and O–H groups in total. The molecule has 0 unspecified atom stereocenters. The minimum Gasteiger partial charge on any atom is -0.335 e. The molecule has 1 saturated heterocycles. The second-order valence-electron chi connectivity index (χ2n) is 5.12. The number of urea groups is 1. The van der Waals surface area contributed by atoms with E-state index in [0.717, 1.165) is 19.5 Å². The number of amides is 2. The Morgan fingerprint density at radius 1 is 1.20 bits per heavy atom. The number of rotatable bonds is 1. The Kier molecular flexibility index (Phi) is 3.49. The third-order valence-electron chi connectivity index (χ3n) is 3.64. The van der Waals surface area contributed by atoms with Crippen LogP contribution in [0.2, 0.25) is 0 Å². The van der Waals surface area contributed by atoms with E-state index >= 15 is 0 Å². The molecule has 1 saturated carbocycles. The van der Waals surface area contributed by atoms with Gasteiger partial charge in [-0.05, 0) is 25.2 Å². The molecule has 15 heavy (non-hydrogen) atoms. The summed E-state index contributed by atoms with van der Waals surface area (Å²) in [6, 6.07) is 0.619. The van der Waals surface area contributed by atoms with Crippen molar-refractivity contribution in [2.75, 3.05) is 13.1 Å². The zero-order valence-corrected chi connectivity index (χ0v) is 9.67. The number of carbonyl (C=O) groups is 1. The average Bonchev–Trinajstić information content (AvgIpc) is 2.66. The van der Waals surface area contributed by atoms with E-state index in [1.54, 1.807) is 0 Å². The fourth-order valence-electron chi connectivity index (χ4n) is 2.63. The Morgan fingerprint density at radius 3 is 2.53 bits per heavy atom. The first-order valence-corrected chi connectivity index (χ1v) is 6.31. The molecular weight excluding hydrogens is 188 g/mol. The molecule has 1 atom stereocenters. The van der Waals surface area contributed by atoms with Crippen LogP contribution in [0.5, 0.6) is 0 Å². The zero-order valence-electron chi connectivity index (χ0n) is 9.67. The standard InChI is InChI=1S/C12H22N2O/c1-10-7-8-14(9-10)12(15)13-11-5-3-2-4-6-11/h10-11H,2-9H2,1H3,(H,13,15)/t10-/m0/s1. The van der Waals surface area contributed by atoms with Crippen molar-refractivity contribution in [2.45, 2.75) is 51.5 Å². The van der Waals surface area contributed by atoms with Gasteiger partial charge in [-0.1, -0.05) is 26.2 Å². The van der Waals surface area contributed by atoms with Crippen LogP contribution in [0.4, 0.5) is 4.79 Å². The molecule has 3 nitrogen and oxygen atoms in total. The predicted octanol–water partition coefficient (Wildman–Crippen LogP) is 2.37. The number of likely N-dealkylation sites (tertiary alicyclic amines) is 1. The normalized spacial score (nSPS) is 28.1. The first-order chi connectivity index (χ1) is 7.25. The van der Waals surface area contributed by atoms with Crippen LogP contribution in [-0.2, 0) is 0 Å². The minimum atomic E-state index is 0.172. The third-order valence-corrected chi connectivity index (χ3v) is 3.64. The van der Waals surface area contributed by atoms with Gasteiger partial charge in [-0.2, -0.15) is 0 Å². The fourth-order valence-corrected chi connectivity index (χ4v) is 2.63. The molecule has 86 valence electrons. The first kappa shape index (κ1) is 10.8. The van der Waals surface area contributed by atoms with Crippen molar-refractivity contribution in [3.05, 3.63) is 0 Å². The Balaban J connectivity index is 1.76. The highest BCUT2D eigenvalue weighted by molar-refractivity contribution is 5.74. The molecule has 0 bridgehead atoms. The zero-order chi connectivity index (χ0) is 10.7. The van der Waals surface area contributed by atoms with E-state index in [4.69, 9.17) is 0 Å². The van der Waals surface area contributed by atoms with Crippen molar-refractivity contribution in [3.8, 4) is 0 Å². The lowest BCUT2D eigenvalue weighted by Crippen LogP contribution is -2.44. The van der Waals surface area contributed by atoms with E-state index in [2.05, 4.69) is 12.2 Å². The fraction of sp³-hybridized carbons (Fsp3) is 0.917. The second kappa shape index (κ2) is 4.86. The maximum absolute atomic E-state index is 11.9. The average molecular weight is 210 g/mol. The van der Waals surface area contributed by atoms with Crippen molar-refractivity contribution in [2.24, 2.45) is 5.92 Å². The second-order valence-corrected chi connectivity index (χ2v) is 5.12. The van der Waals surface area contributed by atoms with Crippen molar-refractivity contribution >= 4 is 6.03 Å². The SMILES string of the molecule is C[C@H]1CCN(C(=O)NC2CCCCC2)C1. The molecule has 0 aromatic heterocycles. The largest absolute Gasteiger partial charge is 0.335 e. The van der Waals surface area contributed by atoms with Gasteiger partial charge in [0.2, 0.25) is 0 Å². The first-order valence-electron chi connectivity index (χ1n) is 6.31. The highest BCUT2D eigenvalue weighted by Crippen LogP contribution is 2.19. The van der Waals surface area contributed by atoms with Crippen molar-refractivity contribution < 1.29 is 4.79 Å². The summed E-state index contributed by atoms with van der Waals surface area (Å²) >= 11 is 0. The molecule has 0 spiro atoms. The van der Waals surface area contributed by atoms with Gasteiger partial charge in [0.15, 0.2) is 0 Å². The van der Waals surface area contributed by atoms with Crippen LogP contribution in [-0.4, -0.2) is 30.1 Å². The quantitative estimate of drug-likeness (QED) is 0.708. The van der Waals surface area contributed by atoms with E-state index in [9.17, 15) is 4.79 Å². The number of nitrogens with zero attached hydrogens (tertiary/aromatic N) is 1. The van der Waals surface area contributed by atoms with Crippen LogP contribution < -0.4 is 5.32 Å². The summed E-state index contributed by atoms with van der Waals surface area (Å²) < 4.78 is 0. The van der Waals surface area contributed by atoms with Gasteiger partial charge in [0.05, 0.1) is 0 Å². The van der Waals surface area contributed by atoms with Crippen LogP contribution in [0.3, 0.4) is 0 Å². The maximum atomic E-state index is 11.9. The molecule has 1 aliphatic heterocycles. The Bertz CT molecular complexity index is 224. The van der Waals surface area contributed by atoms with Gasteiger partial charge < -0.3 is 10.2 Å². The lowest BCUT2D eigenvalue weighted by atomic mass is 9.96. The van der Waals surface area contributed by atoms with E-state index in [0.29, 0.717) is 12.0 Å². The summed E-state index contributed by atoms with van der Waals surface area (Å²) in [6.45, 7) is 4.10.